The van der Waals surface area contributed by atoms with Gasteiger partial charge in [0.25, 0.3) is 0 Å². The second-order valence-corrected chi connectivity index (χ2v) is 5.42. The molecule has 80 valence electrons. The van der Waals surface area contributed by atoms with Crippen LogP contribution in [0.1, 0.15) is 54.4 Å². The van der Waals surface area contributed by atoms with E-state index >= 15 is 0 Å². The van der Waals surface area contributed by atoms with Gasteiger partial charge in [0.2, 0.25) is 0 Å². The second-order valence-electron chi connectivity index (χ2n) is 5.42. The Bertz CT molecular complexity index is 122. The van der Waals surface area contributed by atoms with Gasteiger partial charge in [-0.15, -0.1) is 0 Å². The van der Waals surface area contributed by atoms with E-state index in [9.17, 15) is 0 Å². The van der Waals surface area contributed by atoms with Gasteiger partial charge in [0.05, 0.1) is 0 Å². The molecule has 0 aromatic rings. The molecule has 1 atom stereocenters. The second kappa shape index (κ2) is 5.64. The van der Waals surface area contributed by atoms with Crippen molar-refractivity contribution in [2.75, 3.05) is 6.54 Å². The van der Waals surface area contributed by atoms with Crippen molar-refractivity contribution in [2.45, 2.75) is 59.9 Å². The standard InChI is InChI=1S/C12H27N/c1-7-8-11(10(2)3)9-13-12(4,5)6/h10-11,13H,7-9H2,1-6H3. The normalized spacial score (nSPS) is 15.0. The maximum absolute atomic E-state index is 3.59. The minimum Gasteiger partial charge on any atom is -0.312 e. The zero-order valence-electron chi connectivity index (χ0n) is 10.3. The van der Waals surface area contributed by atoms with Crippen molar-refractivity contribution in [3.8, 4) is 0 Å². The summed E-state index contributed by atoms with van der Waals surface area (Å²) in [4.78, 5) is 0. The predicted octanol–water partition coefficient (Wildman–Crippen LogP) is 3.45. The molecule has 0 aliphatic carbocycles. The van der Waals surface area contributed by atoms with E-state index in [1.807, 2.05) is 0 Å². The van der Waals surface area contributed by atoms with Gasteiger partial charge in [-0.2, -0.15) is 0 Å². The SMILES string of the molecule is CCCC(CNC(C)(C)C)C(C)C. The molecule has 0 spiro atoms. The molecule has 0 aromatic carbocycles. The van der Waals surface area contributed by atoms with Gasteiger partial charge in [0.1, 0.15) is 0 Å². The molecule has 1 nitrogen and oxygen atoms in total. The van der Waals surface area contributed by atoms with Crippen LogP contribution in [0.15, 0.2) is 0 Å². The molecule has 0 aliphatic heterocycles. The van der Waals surface area contributed by atoms with E-state index in [0.717, 1.165) is 18.4 Å². The van der Waals surface area contributed by atoms with Crippen LogP contribution in [0.2, 0.25) is 0 Å². The Morgan fingerprint density at radius 2 is 1.69 bits per heavy atom. The van der Waals surface area contributed by atoms with E-state index in [1.54, 1.807) is 0 Å². The summed E-state index contributed by atoms with van der Waals surface area (Å²) in [6.45, 7) is 14.8. The lowest BCUT2D eigenvalue weighted by molar-refractivity contribution is 0.297. The first-order valence-corrected chi connectivity index (χ1v) is 5.62. The van der Waals surface area contributed by atoms with Crippen molar-refractivity contribution in [3.63, 3.8) is 0 Å². The minimum absolute atomic E-state index is 0.265. The van der Waals surface area contributed by atoms with Crippen molar-refractivity contribution in [1.82, 2.24) is 5.32 Å². The number of rotatable bonds is 5. The Kier molecular flexibility index (Phi) is 5.62. The first-order chi connectivity index (χ1) is 5.87. The summed E-state index contributed by atoms with van der Waals surface area (Å²) >= 11 is 0. The third-order valence-electron chi connectivity index (χ3n) is 2.50. The highest BCUT2D eigenvalue weighted by atomic mass is 14.9. The zero-order valence-corrected chi connectivity index (χ0v) is 10.3. The summed E-state index contributed by atoms with van der Waals surface area (Å²) in [6, 6.07) is 0. The summed E-state index contributed by atoms with van der Waals surface area (Å²) in [7, 11) is 0. The van der Waals surface area contributed by atoms with Crippen LogP contribution in [0, 0.1) is 11.8 Å². The average Bonchev–Trinajstić information content (AvgIpc) is 1.95. The van der Waals surface area contributed by atoms with Crippen LogP contribution in [0.4, 0.5) is 0 Å². The minimum atomic E-state index is 0.265. The van der Waals surface area contributed by atoms with Crippen molar-refractivity contribution >= 4 is 0 Å². The van der Waals surface area contributed by atoms with Gasteiger partial charge in [-0.1, -0.05) is 27.2 Å². The molecule has 0 rings (SSSR count). The first kappa shape index (κ1) is 13.0. The van der Waals surface area contributed by atoms with Crippen molar-refractivity contribution in [3.05, 3.63) is 0 Å². The van der Waals surface area contributed by atoms with Crippen LogP contribution >= 0.6 is 0 Å². The average molecular weight is 185 g/mol. The van der Waals surface area contributed by atoms with Gasteiger partial charge in [0.15, 0.2) is 0 Å². The van der Waals surface area contributed by atoms with Crippen LogP contribution in [0.3, 0.4) is 0 Å². The third kappa shape index (κ3) is 7.06. The molecule has 0 amide bonds. The maximum Gasteiger partial charge on any atom is 0.00966 e. The molecule has 0 heterocycles. The largest absolute Gasteiger partial charge is 0.312 e. The highest BCUT2D eigenvalue weighted by molar-refractivity contribution is 4.74. The fraction of sp³-hybridized carbons (Fsp3) is 1.00. The van der Waals surface area contributed by atoms with E-state index < -0.39 is 0 Å². The summed E-state index contributed by atoms with van der Waals surface area (Å²) in [6.07, 6.45) is 2.65. The van der Waals surface area contributed by atoms with Gasteiger partial charge in [-0.3, -0.25) is 0 Å². The molecule has 13 heavy (non-hydrogen) atoms. The van der Waals surface area contributed by atoms with E-state index in [0.29, 0.717) is 0 Å². The fourth-order valence-corrected chi connectivity index (χ4v) is 1.48. The van der Waals surface area contributed by atoms with Crippen molar-refractivity contribution < 1.29 is 0 Å². The molecule has 0 fully saturated rings. The summed E-state index contributed by atoms with van der Waals surface area (Å²) in [5.41, 5.74) is 0.265. The van der Waals surface area contributed by atoms with Crippen LogP contribution < -0.4 is 5.32 Å². The topological polar surface area (TPSA) is 12.0 Å². The Balaban J connectivity index is 3.82. The van der Waals surface area contributed by atoms with E-state index in [1.165, 1.54) is 12.8 Å². The molecule has 1 N–H and O–H groups in total. The van der Waals surface area contributed by atoms with Gasteiger partial charge in [0, 0.05) is 5.54 Å². The van der Waals surface area contributed by atoms with E-state index in [-0.39, 0.29) is 5.54 Å². The molecule has 0 saturated carbocycles. The number of hydrogen-bond acceptors (Lipinski definition) is 1. The van der Waals surface area contributed by atoms with Crippen LogP contribution in [-0.4, -0.2) is 12.1 Å². The molecule has 0 saturated heterocycles. The molecule has 0 radical (unpaired) electrons. The van der Waals surface area contributed by atoms with E-state index in [2.05, 4.69) is 46.9 Å². The monoisotopic (exact) mass is 185 g/mol. The maximum atomic E-state index is 3.59. The smallest absolute Gasteiger partial charge is 0.00966 e. The molecule has 0 aromatic heterocycles. The lowest BCUT2D eigenvalue weighted by Gasteiger charge is -2.27. The van der Waals surface area contributed by atoms with Crippen LogP contribution in [-0.2, 0) is 0 Å². The van der Waals surface area contributed by atoms with Crippen LogP contribution in [0.25, 0.3) is 0 Å². The molecular weight excluding hydrogens is 158 g/mol. The van der Waals surface area contributed by atoms with Crippen LogP contribution in [0.5, 0.6) is 0 Å². The summed E-state index contributed by atoms with van der Waals surface area (Å²) < 4.78 is 0. The Labute approximate surface area is 84.3 Å². The van der Waals surface area contributed by atoms with E-state index in [4.69, 9.17) is 0 Å². The third-order valence-corrected chi connectivity index (χ3v) is 2.50. The Hall–Kier alpha value is -0.0400. The Morgan fingerprint density at radius 1 is 1.15 bits per heavy atom. The first-order valence-electron chi connectivity index (χ1n) is 5.62. The van der Waals surface area contributed by atoms with Gasteiger partial charge >= 0.3 is 0 Å². The molecule has 1 unspecified atom stereocenters. The molecule has 1 heteroatoms. The zero-order chi connectivity index (χ0) is 10.5. The highest BCUT2D eigenvalue weighted by Crippen LogP contribution is 2.16. The van der Waals surface area contributed by atoms with Crippen molar-refractivity contribution in [2.24, 2.45) is 11.8 Å². The molecule has 0 bridgehead atoms. The lowest BCUT2D eigenvalue weighted by atomic mass is 9.90. The van der Waals surface area contributed by atoms with Crippen molar-refractivity contribution in [1.29, 1.82) is 0 Å². The highest BCUT2D eigenvalue weighted by Gasteiger charge is 2.15. The molecule has 0 aliphatic rings. The summed E-state index contributed by atoms with van der Waals surface area (Å²) in [5.74, 6) is 1.64. The van der Waals surface area contributed by atoms with Gasteiger partial charge < -0.3 is 5.32 Å². The lowest BCUT2D eigenvalue weighted by Crippen LogP contribution is -2.40. The number of nitrogens with one attached hydrogen (secondary N) is 1. The quantitative estimate of drug-likeness (QED) is 0.692. The van der Waals surface area contributed by atoms with Gasteiger partial charge in [-0.25, -0.2) is 0 Å². The Morgan fingerprint density at radius 3 is 2.00 bits per heavy atom. The summed E-state index contributed by atoms with van der Waals surface area (Å²) in [5, 5.41) is 3.59. The fourth-order valence-electron chi connectivity index (χ4n) is 1.48. The number of hydrogen-bond donors (Lipinski definition) is 1. The predicted molar refractivity (Wildman–Crippen MR) is 61.0 cm³/mol. The molecular formula is C12H27N. The van der Waals surface area contributed by atoms with Gasteiger partial charge in [-0.05, 0) is 45.6 Å².